The Labute approximate surface area is 174 Å². The molecule has 2 fully saturated rings. The lowest BCUT2D eigenvalue weighted by molar-refractivity contribution is -0.173. The first-order valence-corrected chi connectivity index (χ1v) is 9.93. The monoisotopic (exact) mass is 453 g/mol. The summed E-state index contributed by atoms with van der Waals surface area (Å²) in [6.07, 6.45) is -4.76. The predicted octanol–water partition coefficient (Wildman–Crippen LogP) is 4.17. The molecule has 30 heavy (non-hydrogen) atoms. The Morgan fingerprint density at radius 1 is 1.30 bits per heavy atom. The van der Waals surface area contributed by atoms with E-state index in [4.69, 9.17) is 11.6 Å². The molecule has 4 atom stereocenters. The maximum Gasteiger partial charge on any atom is 0.391 e. The highest BCUT2D eigenvalue weighted by Crippen LogP contribution is 2.46. The lowest BCUT2D eigenvalue weighted by Gasteiger charge is -2.35. The number of carbonyl (C=O) groups is 2. The number of halogens is 6. The summed E-state index contributed by atoms with van der Waals surface area (Å²) >= 11 is 5.66. The topological polar surface area (TPSA) is 61.4 Å². The first-order chi connectivity index (χ1) is 14.0. The van der Waals surface area contributed by atoms with Crippen LogP contribution in [0.1, 0.15) is 37.8 Å². The number of nitrogens with zero attached hydrogens (tertiary/aromatic N) is 1. The van der Waals surface area contributed by atoms with E-state index in [9.17, 15) is 31.5 Å². The largest absolute Gasteiger partial charge is 0.391 e. The molecule has 3 rings (SSSR count). The normalized spacial score (nSPS) is 25.8. The molecule has 5 nitrogen and oxygen atoms in total. The van der Waals surface area contributed by atoms with Crippen molar-refractivity contribution in [2.24, 2.45) is 11.8 Å². The number of alkyl halides is 3. The zero-order valence-electron chi connectivity index (χ0n) is 16.0. The summed E-state index contributed by atoms with van der Waals surface area (Å²) in [5, 5.41) is 4.38. The molecule has 11 heteroatoms. The van der Waals surface area contributed by atoms with E-state index in [0.29, 0.717) is 0 Å². The summed E-state index contributed by atoms with van der Waals surface area (Å²) in [7, 11) is 0. The summed E-state index contributed by atoms with van der Waals surface area (Å²) in [4.78, 5) is 25.9. The molecular weight excluding hydrogens is 433 g/mol. The van der Waals surface area contributed by atoms with E-state index < -0.39 is 52.8 Å². The van der Waals surface area contributed by atoms with Gasteiger partial charge in [-0.25, -0.2) is 13.6 Å². The second-order valence-electron chi connectivity index (χ2n) is 7.66. The Morgan fingerprint density at radius 2 is 2.00 bits per heavy atom. The third kappa shape index (κ3) is 4.48. The Kier molecular flexibility index (Phi) is 6.45. The van der Waals surface area contributed by atoms with Gasteiger partial charge in [0.15, 0.2) is 0 Å². The van der Waals surface area contributed by atoms with Crippen LogP contribution >= 0.6 is 11.6 Å². The van der Waals surface area contributed by atoms with Crippen molar-refractivity contribution in [3.05, 3.63) is 34.4 Å². The van der Waals surface area contributed by atoms with Crippen molar-refractivity contribution >= 4 is 23.5 Å². The van der Waals surface area contributed by atoms with Crippen molar-refractivity contribution in [2.75, 3.05) is 13.1 Å². The van der Waals surface area contributed by atoms with Gasteiger partial charge in [0.25, 0.3) is 0 Å². The van der Waals surface area contributed by atoms with Gasteiger partial charge in [0.05, 0.1) is 12.0 Å². The van der Waals surface area contributed by atoms with Crippen molar-refractivity contribution in [2.45, 2.75) is 44.4 Å². The number of benzene rings is 1. The van der Waals surface area contributed by atoms with Gasteiger partial charge in [-0.15, -0.1) is 0 Å². The molecule has 166 valence electrons. The fraction of sp³-hybridized carbons (Fsp3) is 0.579. The van der Waals surface area contributed by atoms with Gasteiger partial charge in [-0.05, 0) is 38.2 Å². The number of hydrogen-bond donors (Lipinski definition) is 2. The van der Waals surface area contributed by atoms with E-state index in [1.807, 2.05) is 0 Å². The van der Waals surface area contributed by atoms with E-state index in [-0.39, 0.29) is 43.8 Å². The van der Waals surface area contributed by atoms with Crippen LogP contribution in [0, 0.1) is 23.5 Å². The van der Waals surface area contributed by atoms with E-state index in [2.05, 4.69) is 10.6 Å². The maximum absolute atomic E-state index is 14.7. The lowest BCUT2D eigenvalue weighted by Crippen LogP contribution is -2.58. The Bertz CT molecular complexity index is 835. The number of nitrogens with one attached hydrogen (secondary N) is 2. The second kappa shape index (κ2) is 8.56. The number of urea groups is 1. The van der Waals surface area contributed by atoms with Gasteiger partial charge in [0, 0.05) is 18.7 Å². The predicted molar refractivity (Wildman–Crippen MR) is 98.7 cm³/mol. The average molecular weight is 454 g/mol. The number of rotatable bonds is 3. The van der Waals surface area contributed by atoms with Crippen LogP contribution in [0.2, 0.25) is 5.02 Å². The summed E-state index contributed by atoms with van der Waals surface area (Å²) in [6, 6.07) is -0.674. The van der Waals surface area contributed by atoms with Crippen molar-refractivity contribution in [1.82, 2.24) is 15.5 Å². The molecule has 0 aromatic heterocycles. The minimum Gasteiger partial charge on any atom is -0.353 e. The SMILES string of the molecule is CC1C(=O)NCCN1C(=O)NC(c1ccc(F)c(Cl)c1F)C1CCC(C(F)(F)F)C1. The molecule has 2 aliphatic rings. The summed E-state index contributed by atoms with van der Waals surface area (Å²) in [5.41, 5.74) is -0.184. The molecule has 4 unspecified atom stereocenters. The van der Waals surface area contributed by atoms with E-state index in [0.717, 1.165) is 12.1 Å². The Morgan fingerprint density at radius 3 is 2.63 bits per heavy atom. The van der Waals surface area contributed by atoms with Crippen molar-refractivity contribution in [3.8, 4) is 0 Å². The van der Waals surface area contributed by atoms with E-state index in [1.54, 1.807) is 0 Å². The molecule has 1 saturated carbocycles. The van der Waals surface area contributed by atoms with Gasteiger partial charge in [-0.2, -0.15) is 13.2 Å². The third-order valence-corrected chi connectivity index (χ3v) is 6.19. The summed E-state index contributed by atoms with van der Waals surface area (Å²) in [5.74, 6) is -4.81. The Balaban J connectivity index is 1.90. The van der Waals surface area contributed by atoms with Crippen molar-refractivity contribution < 1.29 is 31.5 Å². The van der Waals surface area contributed by atoms with Crippen LogP contribution in [0.5, 0.6) is 0 Å². The fourth-order valence-corrected chi connectivity index (χ4v) is 4.29. The quantitative estimate of drug-likeness (QED) is 0.533. The van der Waals surface area contributed by atoms with Crippen LogP contribution in [0.25, 0.3) is 0 Å². The van der Waals surface area contributed by atoms with Gasteiger partial charge in [-0.1, -0.05) is 17.7 Å². The zero-order chi connectivity index (χ0) is 22.2. The highest BCUT2D eigenvalue weighted by Gasteiger charge is 2.47. The molecule has 1 aliphatic carbocycles. The number of amides is 3. The molecule has 1 saturated heterocycles. The van der Waals surface area contributed by atoms with Gasteiger partial charge in [0.2, 0.25) is 5.91 Å². The maximum atomic E-state index is 14.7. The molecule has 3 amide bonds. The van der Waals surface area contributed by atoms with Gasteiger partial charge < -0.3 is 15.5 Å². The van der Waals surface area contributed by atoms with Crippen LogP contribution in [-0.4, -0.2) is 42.1 Å². The summed E-state index contributed by atoms with van der Waals surface area (Å²) < 4.78 is 67.8. The zero-order valence-corrected chi connectivity index (χ0v) is 16.8. The van der Waals surface area contributed by atoms with Gasteiger partial charge >= 0.3 is 12.2 Å². The number of carbonyl (C=O) groups excluding carboxylic acids is 2. The number of hydrogen-bond acceptors (Lipinski definition) is 2. The average Bonchev–Trinajstić information content (AvgIpc) is 3.17. The molecule has 1 aliphatic heterocycles. The van der Waals surface area contributed by atoms with Crippen molar-refractivity contribution in [1.29, 1.82) is 0 Å². The number of piperazine rings is 1. The second-order valence-corrected chi connectivity index (χ2v) is 8.04. The molecule has 1 aromatic carbocycles. The molecule has 1 heterocycles. The minimum atomic E-state index is -4.40. The highest BCUT2D eigenvalue weighted by atomic mass is 35.5. The molecular formula is C19H21ClF5N3O2. The van der Waals surface area contributed by atoms with Crippen LogP contribution in [0.4, 0.5) is 26.7 Å². The first kappa shape index (κ1) is 22.6. The van der Waals surface area contributed by atoms with E-state index in [1.165, 1.54) is 11.8 Å². The minimum absolute atomic E-state index is 0.0968. The van der Waals surface area contributed by atoms with Crippen LogP contribution in [0.15, 0.2) is 12.1 Å². The highest BCUT2D eigenvalue weighted by molar-refractivity contribution is 6.31. The molecule has 0 bridgehead atoms. The first-order valence-electron chi connectivity index (χ1n) is 9.55. The van der Waals surface area contributed by atoms with Crippen LogP contribution in [-0.2, 0) is 4.79 Å². The smallest absolute Gasteiger partial charge is 0.353 e. The summed E-state index contributed by atoms with van der Waals surface area (Å²) in [6.45, 7) is 1.92. The Hall–Kier alpha value is -2.10. The molecule has 2 N–H and O–H groups in total. The lowest BCUT2D eigenvalue weighted by atomic mass is 9.90. The van der Waals surface area contributed by atoms with Crippen LogP contribution < -0.4 is 10.6 Å². The molecule has 0 spiro atoms. The molecule has 0 radical (unpaired) electrons. The third-order valence-electron chi connectivity index (χ3n) is 5.85. The van der Waals surface area contributed by atoms with Crippen LogP contribution in [0.3, 0.4) is 0 Å². The standard InChI is InChI=1S/C19H21ClF5N3O2/c1-9-17(29)26-6-7-28(9)18(30)27-16(10-2-3-11(8-10)19(23,24)25)12-4-5-13(21)14(20)15(12)22/h4-5,9-11,16H,2-3,6-8H2,1H3,(H,26,29)(H,27,30). The van der Waals surface area contributed by atoms with Gasteiger partial charge in [0.1, 0.15) is 22.7 Å². The fourth-order valence-electron chi connectivity index (χ4n) is 4.12. The molecule has 1 aromatic rings. The van der Waals surface area contributed by atoms with Crippen molar-refractivity contribution in [3.63, 3.8) is 0 Å². The van der Waals surface area contributed by atoms with Gasteiger partial charge in [-0.3, -0.25) is 4.79 Å². The van der Waals surface area contributed by atoms with E-state index >= 15 is 0 Å².